The predicted molar refractivity (Wildman–Crippen MR) is 105 cm³/mol. The van der Waals surface area contributed by atoms with Crippen LogP contribution in [0.5, 0.6) is 11.5 Å². The van der Waals surface area contributed by atoms with Crippen molar-refractivity contribution in [2.75, 3.05) is 6.61 Å². The number of hydrogen-bond donors (Lipinski definition) is 0. The Kier molecular flexibility index (Phi) is 8.26. The minimum absolute atomic E-state index is 0.217. The zero-order valence-electron chi connectivity index (χ0n) is 16.7. The number of esters is 1. The molecule has 2 aromatic carbocycles. The topological polar surface area (TPSA) is 61.8 Å². The Hall–Kier alpha value is -3.03. The number of alkyl halides is 3. The Bertz CT molecular complexity index is 847. The molecular formula is C22H23F3O5. The molecule has 0 aliphatic rings. The molecule has 162 valence electrons. The Morgan fingerprint density at radius 1 is 1.07 bits per heavy atom. The molecule has 0 radical (unpaired) electrons. The van der Waals surface area contributed by atoms with E-state index < -0.39 is 18.4 Å². The fourth-order valence-corrected chi connectivity index (χ4v) is 2.78. The predicted octanol–water partition coefficient (Wildman–Crippen LogP) is 5.57. The first-order chi connectivity index (χ1) is 14.3. The van der Waals surface area contributed by atoms with Gasteiger partial charge in [0.25, 0.3) is 0 Å². The van der Waals surface area contributed by atoms with Gasteiger partial charge in [0.2, 0.25) is 0 Å². The van der Waals surface area contributed by atoms with Gasteiger partial charge in [-0.2, -0.15) is 0 Å². The molecule has 0 bridgehead atoms. The lowest BCUT2D eigenvalue weighted by atomic mass is 10.0. The number of carbonyl (C=O) groups is 2. The smallest absolute Gasteiger partial charge is 0.478 e. The molecule has 0 saturated carbocycles. The summed E-state index contributed by atoms with van der Waals surface area (Å²) in [6.07, 6.45) is -2.92. The van der Waals surface area contributed by atoms with Gasteiger partial charge in [0.1, 0.15) is 11.5 Å². The SMILES string of the molecule is CCCCC(Oc1ccc(-c2ccc(OC(F)(F)F)cc2)cc1C=O)C(=O)OCC. The van der Waals surface area contributed by atoms with Crippen LogP contribution in [-0.2, 0) is 9.53 Å². The Labute approximate surface area is 172 Å². The third-order valence-electron chi connectivity index (χ3n) is 4.20. The average Bonchev–Trinajstić information content (AvgIpc) is 2.70. The third kappa shape index (κ3) is 6.79. The van der Waals surface area contributed by atoms with Crippen LogP contribution in [0.25, 0.3) is 11.1 Å². The van der Waals surface area contributed by atoms with Crippen LogP contribution in [0.2, 0.25) is 0 Å². The number of benzene rings is 2. The standard InChI is InChI=1S/C22H23F3O5/c1-3-5-6-20(21(27)28-4-2)29-19-12-9-16(13-17(19)14-26)15-7-10-18(11-8-15)30-22(23,24)25/h7-14,20H,3-6H2,1-2H3. The lowest BCUT2D eigenvalue weighted by molar-refractivity contribution is -0.274. The van der Waals surface area contributed by atoms with Gasteiger partial charge in [-0.3, -0.25) is 4.79 Å². The second-order valence-corrected chi connectivity index (χ2v) is 6.44. The van der Waals surface area contributed by atoms with Crippen LogP contribution in [0.3, 0.4) is 0 Å². The quantitative estimate of drug-likeness (QED) is 0.369. The molecule has 1 atom stereocenters. The summed E-state index contributed by atoms with van der Waals surface area (Å²) in [5, 5.41) is 0. The van der Waals surface area contributed by atoms with Gasteiger partial charge < -0.3 is 14.2 Å². The molecule has 0 N–H and O–H groups in total. The largest absolute Gasteiger partial charge is 0.573 e. The highest BCUT2D eigenvalue weighted by Crippen LogP contribution is 2.30. The van der Waals surface area contributed by atoms with Crippen molar-refractivity contribution in [1.82, 2.24) is 0 Å². The van der Waals surface area contributed by atoms with Gasteiger partial charge in [-0.05, 0) is 55.2 Å². The number of unbranched alkanes of at least 4 members (excludes halogenated alkanes) is 1. The van der Waals surface area contributed by atoms with E-state index in [2.05, 4.69) is 4.74 Å². The third-order valence-corrected chi connectivity index (χ3v) is 4.20. The summed E-state index contributed by atoms with van der Waals surface area (Å²) in [6, 6.07) is 10.0. The molecule has 0 fully saturated rings. The fourth-order valence-electron chi connectivity index (χ4n) is 2.78. The van der Waals surface area contributed by atoms with Crippen LogP contribution in [-0.4, -0.2) is 31.3 Å². The summed E-state index contributed by atoms with van der Waals surface area (Å²) in [7, 11) is 0. The van der Waals surface area contributed by atoms with E-state index in [1.54, 1.807) is 25.1 Å². The van der Waals surface area contributed by atoms with E-state index in [1.807, 2.05) is 6.92 Å². The molecule has 2 rings (SSSR count). The van der Waals surface area contributed by atoms with Gasteiger partial charge in [0.05, 0.1) is 12.2 Å². The van der Waals surface area contributed by atoms with E-state index in [9.17, 15) is 22.8 Å². The Morgan fingerprint density at radius 2 is 1.73 bits per heavy atom. The monoisotopic (exact) mass is 424 g/mol. The number of rotatable bonds is 10. The molecule has 0 aliphatic heterocycles. The van der Waals surface area contributed by atoms with Crippen LogP contribution in [0, 0.1) is 0 Å². The highest BCUT2D eigenvalue weighted by atomic mass is 19.4. The maximum Gasteiger partial charge on any atom is 0.573 e. The van der Waals surface area contributed by atoms with Crippen molar-refractivity contribution in [2.45, 2.75) is 45.6 Å². The zero-order valence-corrected chi connectivity index (χ0v) is 16.7. The molecule has 0 heterocycles. The maximum absolute atomic E-state index is 12.3. The average molecular weight is 424 g/mol. The van der Waals surface area contributed by atoms with Crippen molar-refractivity contribution in [2.24, 2.45) is 0 Å². The normalized spacial score (nSPS) is 12.2. The number of carbonyl (C=O) groups excluding carboxylic acids is 2. The number of hydrogen-bond acceptors (Lipinski definition) is 5. The molecule has 30 heavy (non-hydrogen) atoms. The highest BCUT2D eigenvalue weighted by molar-refractivity contribution is 5.83. The van der Waals surface area contributed by atoms with Gasteiger partial charge in [0, 0.05) is 0 Å². The zero-order chi connectivity index (χ0) is 22.1. The van der Waals surface area contributed by atoms with Crippen molar-refractivity contribution in [3.63, 3.8) is 0 Å². The van der Waals surface area contributed by atoms with Crippen LogP contribution < -0.4 is 9.47 Å². The van der Waals surface area contributed by atoms with Crippen molar-refractivity contribution in [1.29, 1.82) is 0 Å². The van der Waals surface area contributed by atoms with Crippen molar-refractivity contribution in [3.8, 4) is 22.6 Å². The molecule has 5 nitrogen and oxygen atoms in total. The second-order valence-electron chi connectivity index (χ2n) is 6.44. The molecular weight excluding hydrogens is 401 g/mol. The summed E-state index contributed by atoms with van der Waals surface area (Å²) in [5.74, 6) is -0.595. The summed E-state index contributed by atoms with van der Waals surface area (Å²) in [6.45, 7) is 3.91. The van der Waals surface area contributed by atoms with Crippen LogP contribution >= 0.6 is 0 Å². The highest BCUT2D eigenvalue weighted by Gasteiger charge is 2.31. The minimum Gasteiger partial charge on any atom is -0.478 e. The van der Waals surface area contributed by atoms with Gasteiger partial charge in [-0.25, -0.2) is 4.79 Å². The van der Waals surface area contributed by atoms with Gasteiger partial charge in [-0.1, -0.05) is 31.5 Å². The van der Waals surface area contributed by atoms with Crippen molar-refractivity contribution in [3.05, 3.63) is 48.0 Å². The molecule has 0 saturated heterocycles. The van der Waals surface area contributed by atoms with E-state index in [4.69, 9.17) is 9.47 Å². The summed E-state index contributed by atoms with van der Waals surface area (Å²) < 4.78 is 51.5. The van der Waals surface area contributed by atoms with E-state index >= 15 is 0 Å². The summed E-state index contributed by atoms with van der Waals surface area (Å²) in [4.78, 5) is 23.7. The second kappa shape index (κ2) is 10.7. The van der Waals surface area contributed by atoms with Crippen molar-refractivity contribution < 1.29 is 37.0 Å². The molecule has 2 aromatic rings. The summed E-state index contributed by atoms with van der Waals surface area (Å²) >= 11 is 0. The molecule has 0 aromatic heterocycles. The Morgan fingerprint density at radius 3 is 2.30 bits per heavy atom. The van der Waals surface area contributed by atoms with Crippen LogP contribution in [0.1, 0.15) is 43.5 Å². The first kappa shape index (κ1) is 23.3. The van der Waals surface area contributed by atoms with Gasteiger partial charge in [0.15, 0.2) is 12.4 Å². The van der Waals surface area contributed by atoms with E-state index in [0.717, 1.165) is 12.8 Å². The van der Waals surface area contributed by atoms with Crippen LogP contribution in [0.15, 0.2) is 42.5 Å². The van der Waals surface area contributed by atoms with Crippen molar-refractivity contribution >= 4 is 12.3 Å². The lowest BCUT2D eigenvalue weighted by Crippen LogP contribution is -2.29. The van der Waals surface area contributed by atoms with Gasteiger partial charge >= 0.3 is 12.3 Å². The number of halogens is 3. The van der Waals surface area contributed by atoms with Crippen LogP contribution in [0.4, 0.5) is 13.2 Å². The van der Waals surface area contributed by atoms with E-state index in [0.29, 0.717) is 23.8 Å². The fraction of sp³-hybridized carbons (Fsp3) is 0.364. The molecule has 8 heteroatoms. The Balaban J connectivity index is 2.23. The first-order valence-corrected chi connectivity index (χ1v) is 9.56. The molecule has 0 amide bonds. The number of aldehydes is 1. The molecule has 0 aliphatic carbocycles. The van der Waals surface area contributed by atoms with E-state index in [-0.39, 0.29) is 23.7 Å². The molecule has 0 spiro atoms. The molecule has 1 unspecified atom stereocenters. The minimum atomic E-state index is -4.77. The van der Waals surface area contributed by atoms with Gasteiger partial charge in [-0.15, -0.1) is 13.2 Å². The van der Waals surface area contributed by atoms with E-state index in [1.165, 1.54) is 24.3 Å². The first-order valence-electron chi connectivity index (χ1n) is 9.56. The maximum atomic E-state index is 12.3. The summed E-state index contributed by atoms with van der Waals surface area (Å²) in [5.41, 5.74) is 1.41. The lowest BCUT2D eigenvalue weighted by Gasteiger charge is -2.19. The number of ether oxygens (including phenoxy) is 3.